The molecular formula is C18H28ClN3O. The van der Waals surface area contributed by atoms with E-state index in [9.17, 15) is 4.79 Å². The summed E-state index contributed by atoms with van der Waals surface area (Å²) in [6.45, 7) is 6.71. The van der Waals surface area contributed by atoms with Crippen molar-refractivity contribution in [3.63, 3.8) is 0 Å². The Morgan fingerprint density at radius 2 is 2.04 bits per heavy atom. The molecule has 2 aliphatic heterocycles. The fourth-order valence-corrected chi connectivity index (χ4v) is 3.52. The second-order valence-corrected chi connectivity index (χ2v) is 6.82. The number of nitrogens with zero attached hydrogens (tertiary/aromatic N) is 1. The van der Waals surface area contributed by atoms with E-state index in [1.807, 2.05) is 12.1 Å². The summed E-state index contributed by atoms with van der Waals surface area (Å²) >= 11 is 0. The predicted molar refractivity (Wildman–Crippen MR) is 97.0 cm³/mol. The molecule has 0 spiro atoms. The molecule has 2 saturated heterocycles. The number of carbonyl (C=O) groups is 1. The number of amides is 1. The standard InChI is InChI=1S/C18H27N3O.ClH/c1-14-4-3-11-21(12-14)13-15-6-8-16(9-7-15)20-18(22)17-5-2-10-19-17;/h6-9,14,17,19H,2-5,10-13H2,1H3,(H,20,22);1H. The Hall–Kier alpha value is -1.10. The van der Waals surface area contributed by atoms with Gasteiger partial charge in [-0.3, -0.25) is 9.69 Å². The molecule has 0 aromatic heterocycles. The number of piperidine rings is 1. The minimum atomic E-state index is -0.0190. The molecule has 128 valence electrons. The van der Waals surface area contributed by atoms with Gasteiger partial charge in [0.15, 0.2) is 0 Å². The Kier molecular flexibility index (Phi) is 6.88. The lowest BCUT2D eigenvalue weighted by Crippen LogP contribution is -2.35. The molecule has 4 nitrogen and oxygen atoms in total. The molecule has 0 aliphatic carbocycles. The SMILES string of the molecule is CC1CCCN(Cc2ccc(NC(=O)C3CCCN3)cc2)C1.Cl. The summed E-state index contributed by atoms with van der Waals surface area (Å²) in [7, 11) is 0. The molecule has 1 aromatic rings. The van der Waals surface area contributed by atoms with Crippen molar-refractivity contribution in [3.05, 3.63) is 29.8 Å². The third-order valence-electron chi connectivity index (χ3n) is 4.75. The number of benzene rings is 1. The van der Waals surface area contributed by atoms with Gasteiger partial charge in [0.05, 0.1) is 6.04 Å². The van der Waals surface area contributed by atoms with Crippen molar-refractivity contribution in [2.24, 2.45) is 5.92 Å². The second-order valence-electron chi connectivity index (χ2n) is 6.82. The molecule has 0 radical (unpaired) electrons. The third-order valence-corrected chi connectivity index (χ3v) is 4.75. The van der Waals surface area contributed by atoms with Crippen LogP contribution in [0, 0.1) is 5.92 Å². The van der Waals surface area contributed by atoms with E-state index in [0.717, 1.165) is 37.5 Å². The molecular weight excluding hydrogens is 310 g/mol. The summed E-state index contributed by atoms with van der Waals surface area (Å²) in [5.74, 6) is 0.904. The molecule has 0 bridgehead atoms. The maximum atomic E-state index is 12.1. The summed E-state index contributed by atoms with van der Waals surface area (Å²) in [5.41, 5.74) is 2.22. The normalized spacial score (nSPS) is 24.9. The summed E-state index contributed by atoms with van der Waals surface area (Å²) < 4.78 is 0. The van der Waals surface area contributed by atoms with E-state index < -0.39 is 0 Å². The van der Waals surface area contributed by atoms with Crippen molar-refractivity contribution in [2.45, 2.75) is 45.2 Å². The van der Waals surface area contributed by atoms with Gasteiger partial charge < -0.3 is 10.6 Å². The molecule has 0 saturated carbocycles. The van der Waals surface area contributed by atoms with Crippen LogP contribution in [0.15, 0.2) is 24.3 Å². The molecule has 1 aromatic carbocycles. The highest BCUT2D eigenvalue weighted by atomic mass is 35.5. The van der Waals surface area contributed by atoms with Crippen LogP contribution in [0.25, 0.3) is 0 Å². The first-order valence-electron chi connectivity index (χ1n) is 8.56. The minimum absolute atomic E-state index is 0. The second kappa shape index (κ2) is 8.67. The molecule has 2 N–H and O–H groups in total. The number of rotatable bonds is 4. The number of likely N-dealkylation sites (tertiary alicyclic amines) is 1. The van der Waals surface area contributed by atoms with E-state index in [1.54, 1.807) is 0 Å². The summed E-state index contributed by atoms with van der Waals surface area (Å²) in [6.07, 6.45) is 4.70. The van der Waals surface area contributed by atoms with Crippen molar-refractivity contribution in [1.29, 1.82) is 0 Å². The van der Waals surface area contributed by atoms with Gasteiger partial charge in [-0.05, 0) is 62.4 Å². The number of carbonyl (C=O) groups excluding carboxylic acids is 1. The van der Waals surface area contributed by atoms with Crippen molar-refractivity contribution in [2.75, 3.05) is 25.0 Å². The maximum Gasteiger partial charge on any atom is 0.241 e. The highest BCUT2D eigenvalue weighted by Crippen LogP contribution is 2.19. The number of hydrogen-bond acceptors (Lipinski definition) is 3. The molecule has 5 heteroatoms. The lowest BCUT2D eigenvalue weighted by molar-refractivity contribution is -0.117. The monoisotopic (exact) mass is 337 g/mol. The van der Waals surface area contributed by atoms with E-state index >= 15 is 0 Å². The lowest BCUT2D eigenvalue weighted by Gasteiger charge is -2.30. The van der Waals surface area contributed by atoms with E-state index in [1.165, 1.54) is 31.5 Å². The van der Waals surface area contributed by atoms with E-state index in [4.69, 9.17) is 0 Å². The third kappa shape index (κ3) is 5.20. The van der Waals surface area contributed by atoms with Crippen molar-refractivity contribution >= 4 is 24.0 Å². The summed E-state index contributed by atoms with van der Waals surface area (Å²) in [5, 5.41) is 6.23. The zero-order valence-electron chi connectivity index (χ0n) is 13.9. The van der Waals surface area contributed by atoms with Crippen LogP contribution in [-0.4, -0.2) is 36.5 Å². The number of hydrogen-bond donors (Lipinski definition) is 2. The summed E-state index contributed by atoms with van der Waals surface area (Å²) in [6, 6.07) is 8.30. The van der Waals surface area contributed by atoms with Crippen molar-refractivity contribution in [3.8, 4) is 0 Å². The Labute approximate surface area is 145 Å². The first kappa shape index (κ1) is 18.2. The van der Waals surface area contributed by atoms with Crippen LogP contribution in [0.5, 0.6) is 0 Å². The molecule has 1 amide bonds. The van der Waals surface area contributed by atoms with Gasteiger partial charge in [0.1, 0.15) is 0 Å². The van der Waals surface area contributed by atoms with Crippen molar-refractivity contribution in [1.82, 2.24) is 10.2 Å². The first-order chi connectivity index (χ1) is 10.7. The quantitative estimate of drug-likeness (QED) is 0.887. The first-order valence-corrected chi connectivity index (χ1v) is 8.56. The molecule has 2 heterocycles. The zero-order valence-corrected chi connectivity index (χ0v) is 14.7. The van der Waals surface area contributed by atoms with Gasteiger partial charge in [-0.2, -0.15) is 0 Å². The largest absolute Gasteiger partial charge is 0.325 e. The fourth-order valence-electron chi connectivity index (χ4n) is 3.52. The summed E-state index contributed by atoms with van der Waals surface area (Å²) in [4.78, 5) is 14.6. The maximum absolute atomic E-state index is 12.1. The molecule has 3 rings (SSSR count). The zero-order chi connectivity index (χ0) is 15.4. The molecule has 2 unspecified atom stereocenters. The predicted octanol–water partition coefficient (Wildman–Crippen LogP) is 3.03. The van der Waals surface area contributed by atoms with Crippen LogP contribution in [0.4, 0.5) is 5.69 Å². The van der Waals surface area contributed by atoms with Crippen LogP contribution in [0.3, 0.4) is 0 Å². The van der Waals surface area contributed by atoms with Gasteiger partial charge in [0.2, 0.25) is 5.91 Å². The topological polar surface area (TPSA) is 44.4 Å². The fraction of sp³-hybridized carbons (Fsp3) is 0.611. The van der Waals surface area contributed by atoms with Gasteiger partial charge >= 0.3 is 0 Å². The van der Waals surface area contributed by atoms with Crippen molar-refractivity contribution < 1.29 is 4.79 Å². The lowest BCUT2D eigenvalue weighted by atomic mass is 10.00. The minimum Gasteiger partial charge on any atom is -0.325 e. The van der Waals surface area contributed by atoms with Gasteiger partial charge in [-0.1, -0.05) is 19.1 Å². The van der Waals surface area contributed by atoms with Crippen LogP contribution in [-0.2, 0) is 11.3 Å². The number of halogens is 1. The average molecular weight is 338 g/mol. The number of nitrogens with one attached hydrogen (secondary N) is 2. The molecule has 2 aliphatic rings. The average Bonchev–Trinajstić information content (AvgIpc) is 3.04. The van der Waals surface area contributed by atoms with Gasteiger partial charge in [-0.15, -0.1) is 12.4 Å². The van der Waals surface area contributed by atoms with Crippen LogP contribution in [0.1, 0.15) is 38.2 Å². The smallest absolute Gasteiger partial charge is 0.241 e. The molecule has 2 fully saturated rings. The van der Waals surface area contributed by atoms with Crippen LogP contribution in [0.2, 0.25) is 0 Å². The van der Waals surface area contributed by atoms with E-state index in [-0.39, 0.29) is 24.4 Å². The van der Waals surface area contributed by atoms with Crippen LogP contribution >= 0.6 is 12.4 Å². The van der Waals surface area contributed by atoms with Gasteiger partial charge in [0.25, 0.3) is 0 Å². The molecule has 23 heavy (non-hydrogen) atoms. The Morgan fingerprint density at radius 3 is 2.70 bits per heavy atom. The van der Waals surface area contributed by atoms with Gasteiger partial charge in [-0.25, -0.2) is 0 Å². The Bertz CT molecular complexity index is 499. The van der Waals surface area contributed by atoms with Crippen LogP contribution < -0.4 is 10.6 Å². The number of anilines is 1. The highest BCUT2D eigenvalue weighted by Gasteiger charge is 2.22. The highest BCUT2D eigenvalue weighted by molar-refractivity contribution is 5.95. The van der Waals surface area contributed by atoms with Gasteiger partial charge in [0, 0.05) is 18.8 Å². The van der Waals surface area contributed by atoms with E-state index in [2.05, 4.69) is 34.6 Å². The Morgan fingerprint density at radius 1 is 1.26 bits per heavy atom. The Balaban J connectivity index is 0.00000192. The molecule has 2 atom stereocenters. The van der Waals surface area contributed by atoms with E-state index in [0.29, 0.717) is 0 Å².